The maximum atomic E-state index is 6.06. The van der Waals surface area contributed by atoms with Crippen molar-refractivity contribution < 1.29 is 4.74 Å². The zero-order chi connectivity index (χ0) is 13.4. The number of nitrogens with two attached hydrogens (primary N) is 1. The van der Waals surface area contributed by atoms with Crippen molar-refractivity contribution in [3.8, 4) is 17.0 Å². The van der Waals surface area contributed by atoms with Gasteiger partial charge in [-0.2, -0.15) is 0 Å². The first kappa shape index (κ1) is 12.7. The fourth-order valence-electron chi connectivity index (χ4n) is 2.52. The third-order valence-electron chi connectivity index (χ3n) is 3.57. The number of ether oxygens (including phenoxy) is 1. The summed E-state index contributed by atoms with van der Waals surface area (Å²) in [4.78, 5) is 4.54. The molecular formula is C14H16BrN3O. The van der Waals surface area contributed by atoms with E-state index in [0.717, 1.165) is 40.9 Å². The van der Waals surface area contributed by atoms with Crippen molar-refractivity contribution >= 4 is 15.9 Å². The molecule has 5 heteroatoms. The summed E-state index contributed by atoms with van der Waals surface area (Å²) in [6.07, 6.45) is 3.82. The quantitative estimate of drug-likeness (QED) is 0.925. The number of aryl methyl sites for hydroxylation is 1. The summed E-state index contributed by atoms with van der Waals surface area (Å²) in [6, 6.07) is 6.27. The van der Waals surface area contributed by atoms with Gasteiger partial charge in [-0.3, -0.25) is 0 Å². The van der Waals surface area contributed by atoms with E-state index in [0.29, 0.717) is 0 Å². The molecule has 2 heterocycles. The molecule has 0 radical (unpaired) electrons. The Bertz CT molecular complexity index is 609. The van der Waals surface area contributed by atoms with Crippen LogP contribution in [0.2, 0.25) is 0 Å². The molecule has 1 unspecified atom stereocenters. The van der Waals surface area contributed by atoms with Crippen LogP contribution in [0.15, 0.2) is 29.0 Å². The molecule has 0 amide bonds. The van der Waals surface area contributed by atoms with Crippen LogP contribution in [0, 0.1) is 0 Å². The topological polar surface area (TPSA) is 53.1 Å². The smallest absolute Gasteiger partial charge is 0.133 e. The van der Waals surface area contributed by atoms with Gasteiger partial charge in [0.1, 0.15) is 5.75 Å². The lowest BCUT2D eigenvalue weighted by Crippen LogP contribution is -2.30. The molecule has 3 rings (SSSR count). The second-order valence-electron chi connectivity index (χ2n) is 4.84. The number of hydrogen-bond donors (Lipinski definition) is 1. The Balaban J connectivity index is 2.03. The number of hydrogen-bond acceptors (Lipinski definition) is 3. The first-order valence-electron chi connectivity index (χ1n) is 6.32. The first-order valence-corrected chi connectivity index (χ1v) is 7.12. The van der Waals surface area contributed by atoms with Gasteiger partial charge in [-0.15, -0.1) is 0 Å². The SMILES string of the molecule is COc1ccc(-c2ncn3c2CC(N)CC3)cc1Br. The zero-order valence-electron chi connectivity index (χ0n) is 10.8. The highest BCUT2D eigenvalue weighted by Crippen LogP contribution is 2.32. The Morgan fingerprint density at radius 3 is 3.05 bits per heavy atom. The van der Waals surface area contributed by atoms with Crippen molar-refractivity contribution in [2.24, 2.45) is 5.73 Å². The third-order valence-corrected chi connectivity index (χ3v) is 4.19. The summed E-state index contributed by atoms with van der Waals surface area (Å²) in [5, 5.41) is 0. The Morgan fingerprint density at radius 2 is 2.32 bits per heavy atom. The monoisotopic (exact) mass is 321 g/mol. The first-order chi connectivity index (χ1) is 9.19. The van der Waals surface area contributed by atoms with Crippen LogP contribution < -0.4 is 10.5 Å². The standard InChI is InChI=1S/C14H16BrN3O/c1-19-13-3-2-9(6-11(13)15)14-12-7-10(16)4-5-18(12)8-17-14/h2-3,6,8,10H,4-5,7,16H2,1H3. The highest BCUT2D eigenvalue weighted by atomic mass is 79.9. The fraction of sp³-hybridized carbons (Fsp3) is 0.357. The van der Waals surface area contributed by atoms with Gasteiger partial charge in [-0.05, 0) is 40.5 Å². The summed E-state index contributed by atoms with van der Waals surface area (Å²) < 4.78 is 8.40. The van der Waals surface area contributed by atoms with Crippen LogP contribution in [0.4, 0.5) is 0 Å². The Kier molecular flexibility index (Phi) is 3.33. The van der Waals surface area contributed by atoms with Crippen LogP contribution in [0.25, 0.3) is 11.3 Å². The van der Waals surface area contributed by atoms with E-state index in [2.05, 4.69) is 25.5 Å². The molecule has 0 aliphatic carbocycles. The van der Waals surface area contributed by atoms with E-state index in [1.807, 2.05) is 24.5 Å². The van der Waals surface area contributed by atoms with Gasteiger partial charge in [-0.25, -0.2) is 4.98 Å². The van der Waals surface area contributed by atoms with Crippen LogP contribution in [0.3, 0.4) is 0 Å². The van der Waals surface area contributed by atoms with Gasteiger partial charge in [0.05, 0.1) is 23.6 Å². The average molecular weight is 322 g/mol. The van der Waals surface area contributed by atoms with Crippen molar-refractivity contribution in [1.29, 1.82) is 0 Å². The lowest BCUT2D eigenvalue weighted by molar-refractivity contribution is 0.412. The predicted octanol–water partition coefficient (Wildman–Crippen LogP) is 2.59. The predicted molar refractivity (Wildman–Crippen MR) is 78.2 cm³/mol. The molecule has 19 heavy (non-hydrogen) atoms. The molecule has 2 aromatic rings. The number of benzene rings is 1. The van der Waals surface area contributed by atoms with Crippen molar-refractivity contribution in [2.45, 2.75) is 25.4 Å². The molecule has 0 spiro atoms. The average Bonchev–Trinajstić information content (AvgIpc) is 2.81. The van der Waals surface area contributed by atoms with Crippen molar-refractivity contribution in [3.63, 3.8) is 0 Å². The lowest BCUT2D eigenvalue weighted by Gasteiger charge is -2.21. The molecule has 0 fully saturated rings. The Hall–Kier alpha value is -1.33. The molecule has 2 N–H and O–H groups in total. The molecule has 100 valence electrons. The van der Waals surface area contributed by atoms with Gasteiger partial charge < -0.3 is 15.0 Å². The number of halogens is 1. The second-order valence-corrected chi connectivity index (χ2v) is 5.69. The van der Waals surface area contributed by atoms with Crippen LogP contribution >= 0.6 is 15.9 Å². The van der Waals surface area contributed by atoms with Gasteiger partial charge in [0.25, 0.3) is 0 Å². The summed E-state index contributed by atoms with van der Waals surface area (Å²) in [7, 11) is 1.66. The van der Waals surface area contributed by atoms with E-state index in [1.54, 1.807) is 7.11 Å². The van der Waals surface area contributed by atoms with Crippen molar-refractivity contribution in [1.82, 2.24) is 9.55 Å². The second kappa shape index (κ2) is 4.98. The van der Waals surface area contributed by atoms with E-state index < -0.39 is 0 Å². The van der Waals surface area contributed by atoms with E-state index >= 15 is 0 Å². The molecule has 1 atom stereocenters. The number of fused-ring (bicyclic) bond motifs is 1. The van der Waals surface area contributed by atoms with Crippen LogP contribution in [-0.2, 0) is 13.0 Å². The van der Waals surface area contributed by atoms with Crippen molar-refractivity contribution in [2.75, 3.05) is 7.11 Å². The fourth-order valence-corrected chi connectivity index (χ4v) is 3.07. The normalized spacial score (nSPS) is 18.2. The molecule has 0 saturated carbocycles. The Morgan fingerprint density at radius 1 is 1.47 bits per heavy atom. The maximum Gasteiger partial charge on any atom is 0.133 e. The zero-order valence-corrected chi connectivity index (χ0v) is 12.4. The van der Waals surface area contributed by atoms with Gasteiger partial charge in [-0.1, -0.05) is 0 Å². The highest BCUT2D eigenvalue weighted by Gasteiger charge is 2.20. The summed E-state index contributed by atoms with van der Waals surface area (Å²) in [5.74, 6) is 0.827. The maximum absolute atomic E-state index is 6.06. The molecule has 0 saturated heterocycles. The molecule has 0 bridgehead atoms. The summed E-state index contributed by atoms with van der Waals surface area (Å²) in [5.41, 5.74) is 9.41. The van der Waals surface area contributed by atoms with E-state index in [4.69, 9.17) is 10.5 Å². The molecule has 1 aliphatic rings. The summed E-state index contributed by atoms with van der Waals surface area (Å²) in [6.45, 7) is 0.959. The minimum absolute atomic E-state index is 0.240. The Labute approximate surface area is 120 Å². The van der Waals surface area contributed by atoms with Crippen LogP contribution in [0.1, 0.15) is 12.1 Å². The van der Waals surface area contributed by atoms with Crippen LogP contribution in [-0.4, -0.2) is 22.7 Å². The van der Waals surface area contributed by atoms with Gasteiger partial charge in [0.15, 0.2) is 0 Å². The van der Waals surface area contributed by atoms with E-state index in [9.17, 15) is 0 Å². The van der Waals surface area contributed by atoms with Crippen molar-refractivity contribution in [3.05, 3.63) is 34.7 Å². The number of imidazole rings is 1. The number of methoxy groups -OCH3 is 1. The van der Waals surface area contributed by atoms with Gasteiger partial charge >= 0.3 is 0 Å². The third kappa shape index (κ3) is 2.28. The number of nitrogens with zero attached hydrogens (tertiary/aromatic N) is 2. The van der Waals surface area contributed by atoms with Gasteiger partial charge in [0.2, 0.25) is 0 Å². The molecule has 1 aromatic carbocycles. The lowest BCUT2D eigenvalue weighted by atomic mass is 10.0. The van der Waals surface area contributed by atoms with Gasteiger partial charge in [0, 0.05) is 30.3 Å². The molecule has 1 aliphatic heterocycles. The highest BCUT2D eigenvalue weighted by molar-refractivity contribution is 9.10. The molecular weight excluding hydrogens is 306 g/mol. The minimum atomic E-state index is 0.240. The minimum Gasteiger partial charge on any atom is -0.496 e. The number of rotatable bonds is 2. The summed E-state index contributed by atoms with van der Waals surface area (Å²) >= 11 is 3.52. The van der Waals surface area contributed by atoms with Crippen LogP contribution in [0.5, 0.6) is 5.75 Å². The van der Waals surface area contributed by atoms with E-state index in [1.165, 1.54) is 5.69 Å². The molecule has 1 aromatic heterocycles. The van der Waals surface area contributed by atoms with E-state index in [-0.39, 0.29) is 6.04 Å². The number of aromatic nitrogens is 2. The largest absolute Gasteiger partial charge is 0.496 e. The molecule has 4 nitrogen and oxygen atoms in total.